The number of anilines is 1. The number of nitrogens with zero attached hydrogens (tertiary/aromatic N) is 1. The van der Waals surface area contributed by atoms with Gasteiger partial charge < -0.3 is 9.15 Å². The highest BCUT2D eigenvalue weighted by molar-refractivity contribution is 6.23. The van der Waals surface area contributed by atoms with Crippen molar-refractivity contribution in [2.45, 2.75) is 26.2 Å². The zero-order chi connectivity index (χ0) is 26.9. The van der Waals surface area contributed by atoms with E-state index in [1.165, 1.54) is 12.7 Å². The Morgan fingerprint density at radius 3 is 2.16 bits per heavy atom. The van der Waals surface area contributed by atoms with Gasteiger partial charge in [0.1, 0.15) is 11.5 Å². The molecule has 0 spiro atoms. The first-order valence-electron chi connectivity index (χ1n) is 12.5. The molecule has 0 saturated heterocycles. The molecule has 0 radical (unpaired) electrons. The van der Waals surface area contributed by atoms with E-state index in [1.807, 2.05) is 60.7 Å². The van der Waals surface area contributed by atoms with Gasteiger partial charge in [-0.15, -0.1) is 0 Å². The molecule has 5 heteroatoms. The van der Waals surface area contributed by atoms with E-state index in [9.17, 15) is 9.59 Å². The fraction of sp³-hybridized carbons (Fsp3) is 0.152. The Labute approximate surface area is 222 Å². The van der Waals surface area contributed by atoms with Crippen molar-refractivity contribution in [3.63, 3.8) is 0 Å². The number of furan rings is 1. The highest BCUT2D eigenvalue weighted by atomic mass is 16.5. The summed E-state index contributed by atoms with van der Waals surface area (Å²) in [6.07, 6.45) is 3.67. The van der Waals surface area contributed by atoms with E-state index in [0.29, 0.717) is 22.7 Å². The fourth-order valence-corrected chi connectivity index (χ4v) is 4.43. The lowest BCUT2D eigenvalue weighted by Gasteiger charge is -2.23. The molecule has 0 saturated carbocycles. The first kappa shape index (κ1) is 25.0. The van der Waals surface area contributed by atoms with Gasteiger partial charge in [0, 0.05) is 16.8 Å². The fourth-order valence-electron chi connectivity index (χ4n) is 4.43. The summed E-state index contributed by atoms with van der Waals surface area (Å²) in [6, 6.07) is 28.7. The quantitative estimate of drug-likeness (QED) is 0.209. The van der Waals surface area contributed by atoms with E-state index in [2.05, 4.69) is 32.9 Å². The lowest BCUT2D eigenvalue weighted by Crippen LogP contribution is -2.25. The Kier molecular flexibility index (Phi) is 6.60. The molecule has 0 fully saturated rings. The molecule has 0 N–H and O–H groups in total. The highest BCUT2D eigenvalue weighted by Gasteiger charge is 2.31. The molecular formula is C33H29NO4. The molecule has 0 atom stereocenters. The van der Waals surface area contributed by atoms with Crippen LogP contribution in [0.4, 0.5) is 5.69 Å². The molecule has 38 heavy (non-hydrogen) atoms. The molecule has 1 aromatic heterocycles. The van der Waals surface area contributed by atoms with E-state index in [4.69, 9.17) is 9.15 Å². The molecule has 2 heterocycles. The van der Waals surface area contributed by atoms with E-state index in [0.717, 1.165) is 22.5 Å². The van der Waals surface area contributed by atoms with E-state index in [1.54, 1.807) is 35.2 Å². The molecule has 0 bridgehead atoms. The first-order valence-corrected chi connectivity index (χ1v) is 12.5. The average Bonchev–Trinajstić information content (AvgIpc) is 3.53. The summed E-state index contributed by atoms with van der Waals surface area (Å²) in [5, 5.41) is 0. The molecule has 1 amide bonds. The van der Waals surface area contributed by atoms with Gasteiger partial charge in [0.05, 0.1) is 18.4 Å². The maximum atomic E-state index is 13.7. The topological polar surface area (TPSA) is 59.8 Å². The number of esters is 1. The van der Waals surface area contributed by atoms with Crippen LogP contribution < -0.4 is 4.90 Å². The van der Waals surface area contributed by atoms with Crippen molar-refractivity contribution >= 4 is 29.3 Å². The van der Waals surface area contributed by atoms with Gasteiger partial charge in [-0.2, -0.15) is 0 Å². The molecule has 5 rings (SSSR count). The Morgan fingerprint density at radius 2 is 1.53 bits per heavy atom. The normalized spacial score (nSPS) is 14.6. The van der Waals surface area contributed by atoms with Gasteiger partial charge in [0.2, 0.25) is 0 Å². The molecule has 0 unspecified atom stereocenters. The standard InChI is InChI=1S/C33H29NO4/c1-33(2,3)26-14-16-27(17-15-26)34-29(22-8-6-5-7-9-22)21-25(31(34)35)20-28-18-19-30(38-28)23-10-12-24(13-11-23)32(36)37-4/h5-21H,1-4H3/b25-20+. The van der Waals surface area contributed by atoms with Crippen LogP contribution in [0.15, 0.2) is 107 Å². The van der Waals surface area contributed by atoms with Crippen LogP contribution in [0.5, 0.6) is 0 Å². The zero-order valence-electron chi connectivity index (χ0n) is 21.9. The summed E-state index contributed by atoms with van der Waals surface area (Å²) in [5.74, 6) is 0.696. The number of carbonyl (C=O) groups excluding carboxylic acids is 2. The van der Waals surface area contributed by atoms with Crippen molar-refractivity contribution in [3.05, 3.63) is 125 Å². The molecular weight excluding hydrogens is 474 g/mol. The first-order chi connectivity index (χ1) is 18.2. The summed E-state index contributed by atoms with van der Waals surface area (Å²) in [5.41, 5.74) is 5.63. The molecule has 5 nitrogen and oxygen atoms in total. The maximum absolute atomic E-state index is 13.7. The molecule has 3 aromatic carbocycles. The second-order valence-electron chi connectivity index (χ2n) is 10.2. The third kappa shape index (κ3) is 4.96. The van der Waals surface area contributed by atoms with Crippen molar-refractivity contribution < 1.29 is 18.7 Å². The largest absolute Gasteiger partial charge is 0.465 e. The van der Waals surface area contributed by atoms with Crippen LogP contribution >= 0.6 is 0 Å². The third-order valence-electron chi connectivity index (χ3n) is 6.56. The van der Waals surface area contributed by atoms with Crippen molar-refractivity contribution in [2.75, 3.05) is 12.0 Å². The van der Waals surface area contributed by atoms with Gasteiger partial charge in [-0.05, 0) is 65.1 Å². The molecule has 190 valence electrons. The van der Waals surface area contributed by atoms with Crippen molar-refractivity contribution in [3.8, 4) is 11.3 Å². The van der Waals surface area contributed by atoms with Gasteiger partial charge in [0.25, 0.3) is 5.91 Å². The van der Waals surface area contributed by atoms with E-state index >= 15 is 0 Å². The van der Waals surface area contributed by atoms with Crippen molar-refractivity contribution in [2.24, 2.45) is 0 Å². The number of hydrogen-bond acceptors (Lipinski definition) is 4. The second kappa shape index (κ2) is 10.0. The van der Waals surface area contributed by atoms with Crippen molar-refractivity contribution in [1.29, 1.82) is 0 Å². The Hall–Kier alpha value is -4.64. The molecule has 1 aliphatic heterocycles. The van der Waals surface area contributed by atoms with Crippen LogP contribution in [0.3, 0.4) is 0 Å². The number of hydrogen-bond donors (Lipinski definition) is 0. The smallest absolute Gasteiger partial charge is 0.337 e. The summed E-state index contributed by atoms with van der Waals surface area (Å²) < 4.78 is 10.8. The van der Waals surface area contributed by atoms with Gasteiger partial charge in [-0.1, -0.05) is 75.4 Å². The third-order valence-corrected chi connectivity index (χ3v) is 6.56. The number of amides is 1. The summed E-state index contributed by atoms with van der Waals surface area (Å²) in [7, 11) is 1.35. The van der Waals surface area contributed by atoms with Crippen LogP contribution in [0.25, 0.3) is 23.1 Å². The minimum absolute atomic E-state index is 0.0212. The zero-order valence-corrected chi connectivity index (χ0v) is 21.9. The van der Waals surface area contributed by atoms with Gasteiger partial charge in [-0.3, -0.25) is 9.69 Å². The lowest BCUT2D eigenvalue weighted by atomic mass is 9.87. The number of benzene rings is 3. The lowest BCUT2D eigenvalue weighted by molar-refractivity contribution is -0.113. The molecule has 0 aliphatic carbocycles. The monoisotopic (exact) mass is 503 g/mol. The highest BCUT2D eigenvalue weighted by Crippen LogP contribution is 2.36. The Morgan fingerprint density at radius 1 is 0.842 bits per heavy atom. The predicted molar refractivity (Wildman–Crippen MR) is 151 cm³/mol. The Balaban J connectivity index is 1.48. The van der Waals surface area contributed by atoms with Crippen LogP contribution in [0.1, 0.15) is 48.0 Å². The van der Waals surface area contributed by atoms with Gasteiger partial charge in [-0.25, -0.2) is 4.79 Å². The minimum Gasteiger partial charge on any atom is -0.465 e. The summed E-state index contributed by atoms with van der Waals surface area (Å²) in [6.45, 7) is 6.51. The Bertz CT molecular complexity index is 1530. The number of methoxy groups -OCH3 is 1. The summed E-state index contributed by atoms with van der Waals surface area (Å²) in [4.78, 5) is 27.2. The van der Waals surface area contributed by atoms with E-state index in [-0.39, 0.29) is 17.3 Å². The second-order valence-corrected chi connectivity index (χ2v) is 10.2. The molecule has 4 aromatic rings. The van der Waals surface area contributed by atoms with Crippen molar-refractivity contribution in [1.82, 2.24) is 0 Å². The number of rotatable bonds is 5. The van der Waals surface area contributed by atoms with Crippen LogP contribution in [-0.4, -0.2) is 19.0 Å². The summed E-state index contributed by atoms with van der Waals surface area (Å²) >= 11 is 0. The maximum Gasteiger partial charge on any atom is 0.337 e. The van der Waals surface area contributed by atoms with Crippen LogP contribution in [0, 0.1) is 0 Å². The van der Waals surface area contributed by atoms with Gasteiger partial charge >= 0.3 is 5.97 Å². The van der Waals surface area contributed by atoms with E-state index < -0.39 is 0 Å². The van der Waals surface area contributed by atoms with Crippen LogP contribution in [0.2, 0.25) is 0 Å². The number of ether oxygens (including phenoxy) is 1. The van der Waals surface area contributed by atoms with Crippen LogP contribution in [-0.2, 0) is 14.9 Å². The number of carbonyl (C=O) groups is 2. The molecule has 1 aliphatic rings. The SMILES string of the molecule is COC(=O)c1ccc(-c2ccc(/C=C3\C=C(c4ccccc4)N(c4ccc(C(C)(C)C)cc4)C3=O)o2)cc1. The average molecular weight is 504 g/mol. The predicted octanol–water partition coefficient (Wildman–Crippen LogP) is 7.50. The minimum atomic E-state index is -0.389. The van der Waals surface area contributed by atoms with Gasteiger partial charge in [0.15, 0.2) is 0 Å².